The van der Waals surface area contributed by atoms with Crippen LogP contribution in [0, 0.1) is 12.8 Å². The van der Waals surface area contributed by atoms with E-state index in [0.29, 0.717) is 6.54 Å². The summed E-state index contributed by atoms with van der Waals surface area (Å²) in [4.78, 5) is 11.6. The van der Waals surface area contributed by atoms with Gasteiger partial charge >= 0.3 is 0 Å². The molecule has 0 fully saturated rings. The lowest BCUT2D eigenvalue weighted by atomic mass is 10.0. The normalized spacial score (nSPS) is 11.8. The molecule has 3 nitrogen and oxygen atoms in total. The minimum atomic E-state index is -0.427. The summed E-state index contributed by atoms with van der Waals surface area (Å²) in [6.45, 7) is 6.46. The number of nitrogens with two attached hydrogens (primary N) is 1. The highest BCUT2D eigenvalue weighted by Crippen LogP contribution is 2.06. The van der Waals surface area contributed by atoms with Gasteiger partial charge in [0.15, 0.2) is 0 Å². The van der Waals surface area contributed by atoms with E-state index in [4.69, 9.17) is 5.73 Å². The van der Waals surface area contributed by atoms with Crippen molar-refractivity contribution in [2.75, 3.05) is 0 Å². The Morgan fingerprint density at radius 2 is 1.94 bits per heavy atom. The van der Waals surface area contributed by atoms with E-state index >= 15 is 0 Å². The fraction of sp³-hybridized carbons (Fsp3) is 0.462. The molecular formula is C13H21ClN2O. The lowest BCUT2D eigenvalue weighted by Crippen LogP contribution is -2.43. The van der Waals surface area contributed by atoms with Gasteiger partial charge in [0.2, 0.25) is 5.91 Å². The predicted molar refractivity (Wildman–Crippen MR) is 73.1 cm³/mol. The second kappa shape index (κ2) is 7.30. The highest BCUT2D eigenvalue weighted by molar-refractivity contribution is 5.85. The third-order valence-corrected chi connectivity index (χ3v) is 2.74. The zero-order valence-electron chi connectivity index (χ0n) is 10.6. The maximum Gasteiger partial charge on any atom is 0.237 e. The van der Waals surface area contributed by atoms with Crippen LogP contribution in [0.5, 0.6) is 0 Å². The van der Waals surface area contributed by atoms with E-state index in [1.165, 1.54) is 5.56 Å². The van der Waals surface area contributed by atoms with Gasteiger partial charge in [-0.25, -0.2) is 0 Å². The largest absolute Gasteiger partial charge is 0.351 e. The van der Waals surface area contributed by atoms with E-state index < -0.39 is 6.04 Å². The number of hydrogen-bond donors (Lipinski definition) is 2. The summed E-state index contributed by atoms with van der Waals surface area (Å²) in [5.41, 5.74) is 8.06. The molecule has 0 aliphatic heterocycles. The van der Waals surface area contributed by atoms with E-state index in [-0.39, 0.29) is 24.2 Å². The van der Waals surface area contributed by atoms with Crippen LogP contribution in [0.2, 0.25) is 0 Å². The van der Waals surface area contributed by atoms with Crippen molar-refractivity contribution < 1.29 is 4.79 Å². The minimum Gasteiger partial charge on any atom is -0.351 e. The van der Waals surface area contributed by atoms with Crippen molar-refractivity contribution in [3.63, 3.8) is 0 Å². The smallest absolute Gasteiger partial charge is 0.237 e. The number of aryl methyl sites for hydroxylation is 1. The van der Waals surface area contributed by atoms with Crippen molar-refractivity contribution in [1.82, 2.24) is 5.32 Å². The van der Waals surface area contributed by atoms with Crippen LogP contribution in [-0.2, 0) is 11.3 Å². The van der Waals surface area contributed by atoms with Crippen molar-refractivity contribution in [2.24, 2.45) is 11.7 Å². The number of benzene rings is 1. The van der Waals surface area contributed by atoms with Crippen LogP contribution in [0.15, 0.2) is 24.3 Å². The molecule has 0 unspecified atom stereocenters. The van der Waals surface area contributed by atoms with Gasteiger partial charge in [0.1, 0.15) is 0 Å². The van der Waals surface area contributed by atoms with Crippen molar-refractivity contribution in [3.8, 4) is 0 Å². The second-order valence-corrected chi connectivity index (χ2v) is 4.41. The van der Waals surface area contributed by atoms with Crippen molar-refractivity contribution >= 4 is 18.3 Å². The molecule has 0 radical (unpaired) electrons. The molecule has 1 amide bonds. The molecule has 0 saturated carbocycles. The Morgan fingerprint density at radius 3 is 2.47 bits per heavy atom. The summed E-state index contributed by atoms with van der Waals surface area (Å²) in [5, 5.41) is 2.86. The van der Waals surface area contributed by atoms with Gasteiger partial charge in [0.25, 0.3) is 0 Å². The van der Waals surface area contributed by atoms with Crippen LogP contribution in [0.3, 0.4) is 0 Å². The Labute approximate surface area is 109 Å². The number of amides is 1. The summed E-state index contributed by atoms with van der Waals surface area (Å²) >= 11 is 0. The predicted octanol–water partition coefficient (Wildman–Crippen LogP) is 2.02. The average Bonchev–Trinajstić information content (AvgIpc) is 2.26. The first-order chi connectivity index (χ1) is 7.52. The Bertz CT molecular complexity index is 366. The number of halogens is 1. The standard InChI is InChI=1S/C13H20N2O.ClH/c1-9(2)12(14)13(16)15-8-11-7-5-4-6-10(11)3;/h4-7,9,12H,8,14H2,1-3H3,(H,15,16);1H/t12-;/m1./s1. The highest BCUT2D eigenvalue weighted by atomic mass is 35.5. The topological polar surface area (TPSA) is 55.1 Å². The number of rotatable bonds is 4. The molecule has 3 N–H and O–H groups in total. The molecule has 0 bridgehead atoms. The van der Waals surface area contributed by atoms with Gasteiger partial charge in [-0.05, 0) is 24.0 Å². The van der Waals surface area contributed by atoms with Crippen LogP contribution in [-0.4, -0.2) is 11.9 Å². The average molecular weight is 257 g/mol. The fourth-order valence-electron chi connectivity index (χ4n) is 1.41. The van der Waals surface area contributed by atoms with Crippen molar-refractivity contribution in [1.29, 1.82) is 0 Å². The number of hydrogen-bond acceptors (Lipinski definition) is 2. The molecule has 1 atom stereocenters. The van der Waals surface area contributed by atoms with Gasteiger partial charge in [-0.3, -0.25) is 4.79 Å². The molecule has 0 saturated heterocycles. The third-order valence-electron chi connectivity index (χ3n) is 2.74. The summed E-state index contributed by atoms with van der Waals surface area (Å²) < 4.78 is 0. The zero-order valence-corrected chi connectivity index (χ0v) is 11.4. The first-order valence-electron chi connectivity index (χ1n) is 5.60. The van der Waals surface area contributed by atoms with Crippen LogP contribution >= 0.6 is 12.4 Å². The number of nitrogens with one attached hydrogen (secondary N) is 1. The first-order valence-corrected chi connectivity index (χ1v) is 5.60. The second-order valence-electron chi connectivity index (χ2n) is 4.41. The molecule has 0 aromatic heterocycles. The molecule has 1 aromatic rings. The van der Waals surface area contributed by atoms with E-state index in [9.17, 15) is 4.79 Å². The lowest BCUT2D eigenvalue weighted by Gasteiger charge is -2.15. The quantitative estimate of drug-likeness (QED) is 0.866. The molecule has 1 aromatic carbocycles. The SMILES string of the molecule is Cc1ccccc1CNC(=O)[C@H](N)C(C)C.Cl. The molecule has 4 heteroatoms. The van der Waals surface area contributed by atoms with E-state index in [1.807, 2.05) is 45.0 Å². The molecule has 96 valence electrons. The van der Waals surface area contributed by atoms with Crippen LogP contribution in [0.4, 0.5) is 0 Å². The first kappa shape index (κ1) is 15.9. The Balaban J connectivity index is 0.00000256. The molecule has 17 heavy (non-hydrogen) atoms. The third kappa shape index (κ3) is 4.75. The molecule has 0 spiro atoms. The molecule has 0 heterocycles. The lowest BCUT2D eigenvalue weighted by molar-refractivity contribution is -0.123. The maximum absolute atomic E-state index is 11.6. The monoisotopic (exact) mass is 256 g/mol. The molecule has 1 rings (SSSR count). The van der Waals surface area contributed by atoms with Crippen molar-refractivity contribution in [2.45, 2.75) is 33.4 Å². The van der Waals surface area contributed by atoms with Gasteiger partial charge in [-0.1, -0.05) is 38.1 Å². The molecular weight excluding hydrogens is 236 g/mol. The van der Waals surface area contributed by atoms with Crippen LogP contribution in [0.25, 0.3) is 0 Å². The summed E-state index contributed by atoms with van der Waals surface area (Å²) in [5.74, 6) is 0.0788. The number of carbonyl (C=O) groups is 1. The van der Waals surface area contributed by atoms with Crippen molar-refractivity contribution in [3.05, 3.63) is 35.4 Å². The van der Waals surface area contributed by atoms with Crippen LogP contribution < -0.4 is 11.1 Å². The summed E-state index contributed by atoms with van der Waals surface area (Å²) in [7, 11) is 0. The fourth-order valence-corrected chi connectivity index (χ4v) is 1.41. The molecule has 0 aliphatic rings. The van der Waals surface area contributed by atoms with E-state index in [2.05, 4.69) is 5.32 Å². The van der Waals surface area contributed by atoms with Gasteiger partial charge < -0.3 is 11.1 Å². The minimum absolute atomic E-state index is 0. The maximum atomic E-state index is 11.6. The van der Waals surface area contributed by atoms with Gasteiger partial charge in [-0.15, -0.1) is 12.4 Å². The zero-order chi connectivity index (χ0) is 12.1. The Hall–Kier alpha value is -1.06. The number of carbonyl (C=O) groups excluding carboxylic acids is 1. The summed E-state index contributed by atoms with van der Waals surface area (Å²) in [6, 6.07) is 7.57. The highest BCUT2D eigenvalue weighted by Gasteiger charge is 2.16. The van der Waals surface area contributed by atoms with Crippen LogP contribution in [0.1, 0.15) is 25.0 Å². The van der Waals surface area contributed by atoms with Gasteiger partial charge in [0.05, 0.1) is 6.04 Å². The molecule has 0 aliphatic carbocycles. The van der Waals surface area contributed by atoms with Gasteiger partial charge in [0, 0.05) is 6.54 Å². The Morgan fingerprint density at radius 1 is 1.35 bits per heavy atom. The summed E-state index contributed by atoms with van der Waals surface area (Å²) in [6.07, 6.45) is 0. The van der Waals surface area contributed by atoms with E-state index in [0.717, 1.165) is 5.56 Å². The Kier molecular flexibility index (Phi) is 6.85. The van der Waals surface area contributed by atoms with Gasteiger partial charge in [-0.2, -0.15) is 0 Å². The van der Waals surface area contributed by atoms with E-state index in [1.54, 1.807) is 0 Å².